The molecule has 48 heavy (non-hydrogen) atoms. The molecule has 13 nitrogen and oxygen atoms in total. The number of fused-ring (bicyclic) bond motifs is 1. The molecule has 1 saturated carbocycles. The smallest absolute Gasteiger partial charge is 0.420 e. The van der Waals surface area contributed by atoms with E-state index in [9.17, 15) is 18.9 Å². The van der Waals surface area contributed by atoms with Crippen LogP contribution in [0.5, 0.6) is 23.0 Å². The summed E-state index contributed by atoms with van der Waals surface area (Å²) in [6.45, 7) is 4.81. The number of carbonyl (C=O) groups excluding carboxylic acids is 3. The molecule has 5 rings (SSSR count). The Morgan fingerprint density at radius 2 is 1.71 bits per heavy atom. The fourth-order valence-electron chi connectivity index (χ4n) is 4.49. The number of anilines is 1. The number of hydrogen-bond acceptors (Lipinski definition) is 9. The van der Waals surface area contributed by atoms with Crippen molar-refractivity contribution in [2.45, 2.75) is 51.8 Å². The molecular weight excluding hydrogens is 661 g/mol. The average molecular weight is 696 g/mol. The molecule has 0 aliphatic heterocycles. The molecule has 1 fully saturated rings. The maximum atomic E-state index is 14.1. The van der Waals surface area contributed by atoms with Gasteiger partial charge in [0, 0.05) is 29.8 Å². The number of nitrogens with zero attached hydrogens (tertiary/aromatic N) is 1. The number of urea groups is 1. The number of pyridine rings is 1. The standard InChI is InChI=1S/C33H35ClN5O8P/c1-19(2)45-32(41)20(3)38-48(43,47-22-8-6-5-7-9-22)39-31(40)25-17-24-28(18-30(25)44-4)35-15-14-29(24)46-23-12-13-27(26(34)16-23)37-33(42)36-21-10-11-21/h5-9,12-21H,10-11H2,1-4H3,(H2,36,37,42)(H2,38,39,40,43)/t20-,48-/m0/s1. The molecule has 15 heteroatoms. The predicted octanol–water partition coefficient (Wildman–Crippen LogP) is 6.82. The van der Waals surface area contributed by atoms with Crippen LogP contribution in [0, 0.1) is 0 Å². The molecule has 4 N–H and O–H groups in total. The van der Waals surface area contributed by atoms with Crippen molar-refractivity contribution in [2.24, 2.45) is 0 Å². The first kappa shape index (κ1) is 34.5. The summed E-state index contributed by atoms with van der Waals surface area (Å²) in [7, 11) is -2.92. The molecule has 0 saturated heterocycles. The van der Waals surface area contributed by atoms with Crippen LogP contribution in [0.25, 0.3) is 10.9 Å². The van der Waals surface area contributed by atoms with Crippen molar-refractivity contribution in [1.29, 1.82) is 0 Å². The van der Waals surface area contributed by atoms with E-state index in [1.807, 2.05) is 0 Å². The summed E-state index contributed by atoms with van der Waals surface area (Å²) in [4.78, 5) is 42.9. The van der Waals surface area contributed by atoms with E-state index in [0.717, 1.165) is 12.8 Å². The monoisotopic (exact) mass is 695 g/mol. The first-order valence-corrected chi connectivity index (χ1v) is 17.1. The second-order valence-electron chi connectivity index (χ2n) is 11.2. The van der Waals surface area contributed by atoms with E-state index >= 15 is 0 Å². The topological polar surface area (TPSA) is 166 Å². The first-order valence-electron chi connectivity index (χ1n) is 15.1. The molecule has 0 unspecified atom stereocenters. The van der Waals surface area contributed by atoms with Gasteiger partial charge in [-0.05, 0) is 70.0 Å². The summed E-state index contributed by atoms with van der Waals surface area (Å²) in [6, 6.07) is 16.4. The molecule has 4 aromatic rings. The van der Waals surface area contributed by atoms with Crippen LogP contribution in [0.1, 0.15) is 44.0 Å². The zero-order valence-corrected chi connectivity index (χ0v) is 28.3. The van der Waals surface area contributed by atoms with E-state index in [-0.39, 0.29) is 34.2 Å². The molecular formula is C33H35ClN5O8P. The van der Waals surface area contributed by atoms with Gasteiger partial charge in [-0.2, -0.15) is 0 Å². The van der Waals surface area contributed by atoms with Crippen molar-refractivity contribution in [3.63, 3.8) is 0 Å². The molecule has 0 spiro atoms. The van der Waals surface area contributed by atoms with Crippen LogP contribution in [-0.4, -0.2) is 48.2 Å². The number of rotatable bonds is 13. The second kappa shape index (κ2) is 14.9. The Labute approximate surface area is 282 Å². The lowest BCUT2D eigenvalue weighted by atomic mass is 10.1. The Bertz CT molecular complexity index is 1870. The highest BCUT2D eigenvalue weighted by atomic mass is 35.5. The van der Waals surface area contributed by atoms with Crippen LogP contribution in [0.15, 0.2) is 72.9 Å². The number of esters is 1. The number of ether oxygens (including phenoxy) is 3. The van der Waals surface area contributed by atoms with Gasteiger partial charge in [0.25, 0.3) is 5.91 Å². The van der Waals surface area contributed by atoms with Gasteiger partial charge in [0.15, 0.2) is 0 Å². The number of amides is 3. The van der Waals surface area contributed by atoms with Crippen LogP contribution in [0.4, 0.5) is 10.5 Å². The fourth-order valence-corrected chi connectivity index (χ4v) is 6.29. The van der Waals surface area contributed by atoms with Crippen molar-refractivity contribution < 1.29 is 37.7 Å². The molecule has 1 aliphatic carbocycles. The van der Waals surface area contributed by atoms with Crippen molar-refractivity contribution >= 4 is 53.8 Å². The molecule has 3 amide bonds. The van der Waals surface area contributed by atoms with Gasteiger partial charge in [-0.15, -0.1) is 0 Å². The number of benzene rings is 3. The molecule has 3 aromatic carbocycles. The van der Waals surface area contributed by atoms with Crippen LogP contribution in [-0.2, 0) is 14.1 Å². The van der Waals surface area contributed by atoms with Crippen molar-refractivity contribution in [3.8, 4) is 23.0 Å². The van der Waals surface area contributed by atoms with E-state index in [1.54, 1.807) is 68.4 Å². The van der Waals surface area contributed by atoms with Gasteiger partial charge in [-0.1, -0.05) is 29.8 Å². The largest absolute Gasteiger partial charge is 0.496 e. The van der Waals surface area contributed by atoms with Crippen LogP contribution >= 0.6 is 19.3 Å². The molecule has 1 aromatic heterocycles. The van der Waals surface area contributed by atoms with Crippen molar-refractivity contribution in [1.82, 2.24) is 20.5 Å². The summed E-state index contributed by atoms with van der Waals surface area (Å²) < 4.78 is 36.7. The molecule has 0 radical (unpaired) electrons. The van der Waals surface area contributed by atoms with Gasteiger partial charge in [0.1, 0.15) is 29.0 Å². The van der Waals surface area contributed by atoms with E-state index in [2.05, 4.69) is 25.8 Å². The van der Waals surface area contributed by atoms with E-state index in [1.165, 1.54) is 32.4 Å². The number of para-hydroxylation sites is 1. The fraction of sp³-hybridized carbons (Fsp3) is 0.273. The minimum atomic E-state index is -4.30. The third-order valence-corrected chi connectivity index (χ3v) is 8.90. The molecule has 1 aliphatic rings. The highest BCUT2D eigenvalue weighted by molar-refractivity contribution is 7.56. The zero-order valence-electron chi connectivity index (χ0n) is 26.6. The Morgan fingerprint density at radius 1 is 0.958 bits per heavy atom. The average Bonchev–Trinajstić information content (AvgIpc) is 3.85. The lowest BCUT2D eigenvalue weighted by Gasteiger charge is -2.24. The number of nitrogens with one attached hydrogen (secondary N) is 4. The van der Waals surface area contributed by atoms with Gasteiger partial charge in [-0.25, -0.2) is 14.4 Å². The third kappa shape index (κ3) is 8.94. The van der Waals surface area contributed by atoms with Gasteiger partial charge in [0.2, 0.25) is 0 Å². The van der Waals surface area contributed by atoms with Gasteiger partial charge in [-0.3, -0.25) is 19.7 Å². The quantitative estimate of drug-likeness (QED) is 0.0861. The maximum absolute atomic E-state index is 14.1. The van der Waals surface area contributed by atoms with Crippen molar-refractivity contribution in [3.05, 3.63) is 83.5 Å². The SMILES string of the molecule is COc1cc2nccc(Oc3ccc(NC(=O)NC4CC4)c(Cl)c3)c2cc1C(=O)N[P@](=O)(N[C@@H](C)C(=O)OC(C)C)Oc1ccccc1. The molecule has 0 bridgehead atoms. The predicted molar refractivity (Wildman–Crippen MR) is 181 cm³/mol. The highest BCUT2D eigenvalue weighted by Gasteiger charge is 2.34. The van der Waals surface area contributed by atoms with E-state index < -0.39 is 31.7 Å². The summed E-state index contributed by atoms with van der Waals surface area (Å²) >= 11 is 6.44. The minimum Gasteiger partial charge on any atom is -0.496 e. The van der Waals surface area contributed by atoms with Crippen LogP contribution in [0.3, 0.4) is 0 Å². The maximum Gasteiger partial charge on any atom is 0.420 e. The molecule has 1 heterocycles. The third-order valence-electron chi connectivity index (χ3n) is 6.89. The Hall–Kier alpha value is -4.84. The normalized spacial score (nSPS) is 14.4. The van der Waals surface area contributed by atoms with Crippen molar-refractivity contribution in [2.75, 3.05) is 12.4 Å². The number of hydrogen-bond donors (Lipinski definition) is 4. The first-order chi connectivity index (χ1) is 22.9. The number of methoxy groups -OCH3 is 1. The summed E-state index contributed by atoms with van der Waals surface area (Å²) in [6.07, 6.45) is 3.02. The number of carbonyl (C=O) groups is 3. The van der Waals surface area contributed by atoms with Crippen LogP contribution < -0.4 is 34.8 Å². The van der Waals surface area contributed by atoms with E-state index in [4.69, 9.17) is 30.3 Å². The minimum absolute atomic E-state index is 0.0156. The zero-order chi connectivity index (χ0) is 34.4. The second-order valence-corrected chi connectivity index (χ2v) is 13.4. The Balaban J connectivity index is 1.42. The highest BCUT2D eigenvalue weighted by Crippen LogP contribution is 2.41. The Kier molecular flexibility index (Phi) is 10.7. The summed E-state index contributed by atoms with van der Waals surface area (Å²) in [5.74, 6) is -0.514. The number of aromatic nitrogens is 1. The lowest BCUT2D eigenvalue weighted by molar-refractivity contribution is -0.149. The lowest BCUT2D eigenvalue weighted by Crippen LogP contribution is -2.40. The summed E-state index contributed by atoms with van der Waals surface area (Å²) in [5.41, 5.74) is 0.833. The van der Waals surface area contributed by atoms with Gasteiger partial charge in [0.05, 0.1) is 35.0 Å². The van der Waals surface area contributed by atoms with Gasteiger partial charge >= 0.3 is 19.7 Å². The Morgan fingerprint density at radius 3 is 2.38 bits per heavy atom. The van der Waals surface area contributed by atoms with Gasteiger partial charge < -0.3 is 29.4 Å². The molecule has 2 atom stereocenters. The van der Waals surface area contributed by atoms with Crippen LogP contribution in [0.2, 0.25) is 5.02 Å². The van der Waals surface area contributed by atoms with E-state index in [0.29, 0.717) is 28.1 Å². The number of halogens is 1. The summed E-state index contributed by atoms with van der Waals surface area (Å²) in [5, 5.41) is 11.3. The molecule has 252 valence electrons.